The maximum atomic E-state index is 13.2. The highest BCUT2D eigenvalue weighted by Crippen LogP contribution is 2.34. The third-order valence-corrected chi connectivity index (χ3v) is 6.41. The molecular weight excluding hydrogens is 445 g/mol. The maximum absolute atomic E-state index is 13.2. The number of halogens is 3. The van der Waals surface area contributed by atoms with E-state index in [1.165, 1.54) is 34.6 Å². The highest BCUT2D eigenvalue weighted by Gasteiger charge is 2.29. The van der Waals surface area contributed by atoms with Crippen LogP contribution in [0.2, 0.25) is 10.0 Å². The summed E-state index contributed by atoms with van der Waals surface area (Å²) in [6.45, 7) is 2.07. The average molecular weight is 463 g/mol. The Hall–Kier alpha value is -1.53. The van der Waals surface area contributed by atoms with Crippen molar-refractivity contribution in [2.24, 2.45) is 0 Å². The summed E-state index contributed by atoms with van der Waals surface area (Å²) in [6, 6.07) is 10.9. The molecule has 0 aliphatic carbocycles. The lowest BCUT2D eigenvalue weighted by Crippen LogP contribution is -2.34. The molecule has 0 atom stereocenters. The van der Waals surface area contributed by atoms with Gasteiger partial charge in [0, 0.05) is 29.7 Å². The van der Waals surface area contributed by atoms with E-state index >= 15 is 0 Å². The van der Waals surface area contributed by atoms with Crippen molar-refractivity contribution in [2.45, 2.75) is 11.3 Å². The third-order valence-electron chi connectivity index (χ3n) is 4.05. The normalized spacial score (nSPS) is 15.2. The lowest BCUT2D eigenvalue weighted by atomic mass is 10.2. The highest BCUT2D eigenvalue weighted by molar-refractivity contribution is 7.89. The van der Waals surface area contributed by atoms with E-state index in [1.807, 2.05) is 6.07 Å². The average Bonchev–Trinajstić information content (AvgIpc) is 2.91. The molecule has 0 saturated carbocycles. The van der Waals surface area contributed by atoms with Crippen LogP contribution < -0.4 is 10.1 Å². The fourth-order valence-corrected chi connectivity index (χ4v) is 4.90. The van der Waals surface area contributed by atoms with Crippen molar-refractivity contribution < 1.29 is 13.2 Å². The Bertz CT molecular complexity index is 965. The van der Waals surface area contributed by atoms with Crippen LogP contribution in [-0.4, -0.2) is 38.9 Å². The van der Waals surface area contributed by atoms with Crippen molar-refractivity contribution in [3.8, 4) is 17.6 Å². The number of benzene rings is 2. The second kappa shape index (κ2) is 9.79. The van der Waals surface area contributed by atoms with Crippen LogP contribution in [-0.2, 0) is 10.0 Å². The van der Waals surface area contributed by atoms with Gasteiger partial charge in [0.2, 0.25) is 10.0 Å². The van der Waals surface area contributed by atoms with Gasteiger partial charge in [0.1, 0.15) is 16.4 Å². The minimum absolute atomic E-state index is 0. The van der Waals surface area contributed by atoms with Crippen LogP contribution in [0, 0.1) is 11.3 Å². The lowest BCUT2D eigenvalue weighted by Gasteiger charge is -2.21. The molecule has 6 nitrogen and oxygen atoms in total. The quantitative estimate of drug-likeness (QED) is 0.741. The van der Waals surface area contributed by atoms with Crippen LogP contribution >= 0.6 is 35.6 Å². The fraction of sp³-hybridized carbons (Fsp3) is 0.278. The van der Waals surface area contributed by atoms with Gasteiger partial charge in [-0.3, -0.25) is 0 Å². The summed E-state index contributed by atoms with van der Waals surface area (Å²) in [6.07, 6.45) is 0.706. The second-order valence-corrected chi connectivity index (χ2v) is 8.77. The van der Waals surface area contributed by atoms with Gasteiger partial charge in [-0.2, -0.15) is 9.57 Å². The molecule has 2 aromatic carbocycles. The number of hydrogen-bond donors (Lipinski definition) is 1. The fourth-order valence-electron chi connectivity index (χ4n) is 2.78. The van der Waals surface area contributed by atoms with Crippen molar-refractivity contribution in [3.05, 3.63) is 52.0 Å². The minimum atomic E-state index is -3.84. The zero-order valence-electron chi connectivity index (χ0n) is 14.7. The molecule has 0 aromatic heterocycles. The van der Waals surface area contributed by atoms with E-state index in [4.69, 9.17) is 27.9 Å². The lowest BCUT2D eigenvalue weighted by molar-refractivity contribution is 0.422. The Labute approximate surface area is 180 Å². The van der Waals surface area contributed by atoms with Crippen LogP contribution in [0.15, 0.2) is 41.3 Å². The molecule has 10 heteroatoms. The molecule has 28 heavy (non-hydrogen) atoms. The molecule has 3 rings (SSSR count). The summed E-state index contributed by atoms with van der Waals surface area (Å²) in [5, 5.41) is 13.1. The number of ether oxygens (including phenoxy) is 1. The highest BCUT2D eigenvalue weighted by atomic mass is 35.5. The van der Waals surface area contributed by atoms with Gasteiger partial charge in [-0.15, -0.1) is 12.4 Å². The van der Waals surface area contributed by atoms with Crippen molar-refractivity contribution in [1.82, 2.24) is 9.62 Å². The number of nitriles is 1. The third kappa shape index (κ3) is 5.29. The van der Waals surface area contributed by atoms with Crippen LogP contribution in [0.25, 0.3) is 0 Å². The van der Waals surface area contributed by atoms with Crippen LogP contribution in [0.5, 0.6) is 11.5 Å². The predicted molar refractivity (Wildman–Crippen MR) is 111 cm³/mol. The SMILES string of the molecule is Cl.N#Cc1ccc(Oc2cc(Cl)cc(Cl)c2)c(S(=O)(=O)N2CCCNCC2)c1. The molecule has 150 valence electrons. The summed E-state index contributed by atoms with van der Waals surface area (Å²) >= 11 is 12.0. The molecular formula is C18H18Cl3N3O3S. The van der Waals surface area contributed by atoms with E-state index in [1.54, 1.807) is 6.07 Å². The van der Waals surface area contributed by atoms with Gasteiger partial charge in [0.15, 0.2) is 0 Å². The summed E-state index contributed by atoms with van der Waals surface area (Å²) in [7, 11) is -3.84. The van der Waals surface area contributed by atoms with E-state index in [0.717, 1.165) is 6.54 Å². The monoisotopic (exact) mass is 461 g/mol. The van der Waals surface area contributed by atoms with E-state index in [2.05, 4.69) is 5.32 Å². The van der Waals surface area contributed by atoms with Crippen molar-refractivity contribution >= 4 is 45.6 Å². The van der Waals surface area contributed by atoms with Gasteiger partial charge >= 0.3 is 0 Å². The maximum Gasteiger partial charge on any atom is 0.246 e. The first kappa shape index (κ1) is 22.8. The predicted octanol–water partition coefficient (Wildman–Crippen LogP) is 4.06. The zero-order valence-corrected chi connectivity index (χ0v) is 17.8. The summed E-state index contributed by atoms with van der Waals surface area (Å²) in [5.74, 6) is 0.427. The number of nitrogens with zero attached hydrogens (tertiary/aromatic N) is 2. The molecule has 0 amide bonds. The van der Waals surface area contributed by atoms with E-state index in [0.29, 0.717) is 41.8 Å². The van der Waals surface area contributed by atoms with E-state index in [-0.39, 0.29) is 28.6 Å². The Balaban J connectivity index is 0.00000280. The Morgan fingerprint density at radius 3 is 2.46 bits per heavy atom. The molecule has 2 aromatic rings. The Kier molecular flexibility index (Phi) is 7.96. The van der Waals surface area contributed by atoms with E-state index in [9.17, 15) is 13.7 Å². The second-order valence-electron chi connectivity index (χ2n) is 5.99. The zero-order chi connectivity index (χ0) is 19.4. The first-order chi connectivity index (χ1) is 12.9. The van der Waals surface area contributed by atoms with E-state index < -0.39 is 10.0 Å². The van der Waals surface area contributed by atoms with Gasteiger partial charge in [-0.1, -0.05) is 23.2 Å². The van der Waals surface area contributed by atoms with Gasteiger partial charge in [0.25, 0.3) is 0 Å². The van der Waals surface area contributed by atoms with Crippen molar-refractivity contribution in [3.63, 3.8) is 0 Å². The molecule has 1 fully saturated rings. The Morgan fingerprint density at radius 2 is 1.79 bits per heavy atom. The standard InChI is InChI=1S/C18H17Cl2N3O3S.ClH/c19-14-9-15(20)11-16(10-14)26-17-3-2-13(12-21)8-18(17)27(24,25)23-6-1-4-22-5-7-23;/h2-3,8-11,22H,1,4-7H2;1H. The minimum Gasteiger partial charge on any atom is -0.456 e. The summed E-state index contributed by atoms with van der Waals surface area (Å²) in [4.78, 5) is -0.0560. The molecule has 1 heterocycles. The number of sulfonamides is 1. The number of nitrogens with one attached hydrogen (secondary N) is 1. The topological polar surface area (TPSA) is 82.4 Å². The van der Waals surface area contributed by atoms with Gasteiger partial charge in [0.05, 0.1) is 11.6 Å². The number of rotatable bonds is 4. The molecule has 1 aliphatic heterocycles. The van der Waals surface area contributed by atoms with Gasteiger partial charge in [-0.25, -0.2) is 8.42 Å². The molecule has 1 N–H and O–H groups in total. The molecule has 0 unspecified atom stereocenters. The molecule has 1 aliphatic rings. The van der Waals surface area contributed by atoms with Crippen LogP contribution in [0.1, 0.15) is 12.0 Å². The molecule has 1 saturated heterocycles. The molecule has 0 radical (unpaired) electrons. The first-order valence-electron chi connectivity index (χ1n) is 8.29. The van der Waals surface area contributed by atoms with Gasteiger partial charge in [-0.05, 0) is 49.4 Å². The van der Waals surface area contributed by atoms with Crippen molar-refractivity contribution in [1.29, 1.82) is 5.26 Å². The molecule has 0 spiro atoms. The summed E-state index contributed by atoms with van der Waals surface area (Å²) < 4.78 is 33.6. The number of hydrogen-bond acceptors (Lipinski definition) is 5. The summed E-state index contributed by atoms with van der Waals surface area (Å²) in [5.41, 5.74) is 0.234. The Morgan fingerprint density at radius 1 is 1.07 bits per heavy atom. The first-order valence-corrected chi connectivity index (χ1v) is 10.5. The smallest absolute Gasteiger partial charge is 0.246 e. The van der Waals surface area contributed by atoms with Crippen LogP contribution in [0.3, 0.4) is 0 Å². The van der Waals surface area contributed by atoms with Crippen molar-refractivity contribution in [2.75, 3.05) is 26.2 Å². The van der Waals surface area contributed by atoms with Crippen LogP contribution in [0.4, 0.5) is 0 Å². The van der Waals surface area contributed by atoms with Gasteiger partial charge < -0.3 is 10.1 Å². The largest absolute Gasteiger partial charge is 0.456 e. The molecule has 0 bridgehead atoms.